The fourth-order valence-electron chi connectivity index (χ4n) is 4.07. The van der Waals surface area contributed by atoms with Gasteiger partial charge in [-0.15, -0.1) is 4.40 Å². The Kier molecular flexibility index (Phi) is 7.01. The highest BCUT2D eigenvalue weighted by molar-refractivity contribution is 7.90. The first-order chi connectivity index (χ1) is 16.3. The van der Waals surface area contributed by atoms with Crippen molar-refractivity contribution in [1.29, 1.82) is 0 Å². The molecule has 10 nitrogen and oxygen atoms in total. The maximum Gasteiger partial charge on any atom is 0.285 e. The van der Waals surface area contributed by atoms with E-state index in [1.54, 1.807) is 18.2 Å². The summed E-state index contributed by atoms with van der Waals surface area (Å²) in [5, 5.41) is 19.7. The molecule has 2 aliphatic rings. The summed E-state index contributed by atoms with van der Waals surface area (Å²) in [6.07, 6.45) is 6.88. The molecule has 11 heteroatoms. The van der Waals surface area contributed by atoms with E-state index in [0.29, 0.717) is 11.1 Å². The Morgan fingerprint density at radius 1 is 1.15 bits per heavy atom. The molecule has 1 N–H and O–H groups in total. The summed E-state index contributed by atoms with van der Waals surface area (Å²) in [6, 6.07) is 12.4. The number of fused-ring (bicyclic) bond motifs is 1. The zero-order valence-corrected chi connectivity index (χ0v) is 19.3. The van der Waals surface area contributed by atoms with Gasteiger partial charge in [0.15, 0.2) is 5.84 Å². The van der Waals surface area contributed by atoms with Crippen LogP contribution in [0.5, 0.6) is 0 Å². The number of benzene rings is 2. The Balaban J connectivity index is 1.55. The van der Waals surface area contributed by atoms with Crippen LogP contribution in [0.3, 0.4) is 0 Å². The largest absolute Gasteiger partial charge is 0.353 e. The van der Waals surface area contributed by atoms with E-state index < -0.39 is 14.9 Å². The smallest absolute Gasteiger partial charge is 0.285 e. The molecule has 0 aromatic heterocycles. The summed E-state index contributed by atoms with van der Waals surface area (Å²) >= 11 is 0. The van der Waals surface area contributed by atoms with Crippen molar-refractivity contribution >= 4 is 33.7 Å². The molecule has 1 aliphatic carbocycles. The van der Waals surface area contributed by atoms with Gasteiger partial charge in [-0.25, -0.2) is 5.01 Å². The van der Waals surface area contributed by atoms with Crippen molar-refractivity contribution in [3.8, 4) is 0 Å². The standard InChI is InChI=1S/C23H25N5O5S/c29-22(25-18-6-2-1-3-7-18)14-15-27(24-16-17-10-12-19(13-11-17)28(30)31)23-20-8-4-5-9-21(20)34(32,33)26-23/h4-5,8-13,16,18H,1-3,6-7,14-15H2,(H,25,29). The number of hydrazone groups is 1. The minimum atomic E-state index is -3.86. The fraction of sp³-hybridized carbons (Fsp3) is 0.348. The van der Waals surface area contributed by atoms with Gasteiger partial charge < -0.3 is 5.32 Å². The van der Waals surface area contributed by atoms with Crippen LogP contribution in [0, 0.1) is 10.1 Å². The molecule has 0 spiro atoms. The third-order valence-electron chi connectivity index (χ3n) is 5.83. The van der Waals surface area contributed by atoms with Crippen molar-refractivity contribution < 1.29 is 18.1 Å². The summed E-state index contributed by atoms with van der Waals surface area (Å²) in [7, 11) is -3.86. The summed E-state index contributed by atoms with van der Waals surface area (Å²) in [5.74, 6) is 0.0106. The second kappa shape index (κ2) is 10.1. The molecule has 4 rings (SSSR count). The van der Waals surface area contributed by atoms with Gasteiger partial charge in [-0.2, -0.15) is 13.5 Å². The van der Waals surface area contributed by atoms with Gasteiger partial charge in [-0.05, 0) is 42.7 Å². The maximum atomic E-state index is 12.6. The van der Waals surface area contributed by atoms with Crippen molar-refractivity contribution in [2.24, 2.45) is 9.50 Å². The Morgan fingerprint density at radius 2 is 1.85 bits per heavy atom. The normalized spacial score (nSPS) is 17.2. The second-order valence-corrected chi connectivity index (χ2v) is 9.83. The number of amides is 1. The number of hydrogen-bond donors (Lipinski definition) is 1. The van der Waals surface area contributed by atoms with E-state index in [1.165, 1.54) is 48.0 Å². The number of nitro groups is 1. The van der Waals surface area contributed by atoms with Crippen LogP contribution in [-0.4, -0.2) is 48.9 Å². The van der Waals surface area contributed by atoms with Crippen LogP contribution < -0.4 is 5.32 Å². The van der Waals surface area contributed by atoms with Crippen molar-refractivity contribution in [3.63, 3.8) is 0 Å². The monoisotopic (exact) mass is 483 g/mol. The second-order valence-electron chi connectivity index (χ2n) is 8.25. The lowest BCUT2D eigenvalue weighted by molar-refractivity contribution is -0.384. The molecule has 0 bridgehead atoms. The number of carbonyl (C=O) groups excluding carboxylic acids is 1. The Bertz CT molecular complexity index is 1230. The van der Waals surface area contributed by atoms with Crippen LogP contribution in [0.25, 0.3) is 0 Å². The first-order valence-electron chi connectivity index (χ1n) is 11.1. The van der Waals surface area contributed by atoms with E-state index in [2.05, 4.69) is 14.8 Å². The summed E-state index contributed by atoms with van der Waals surface area (Å²) in [6.45, 7) is 0.116. The zero-order valence-electron chi connectivity index (χ0n) is 18.5. The maximum absolute atomic E-state index is 12.6. The van der Waals surface area contributed by atoms with Crippen molar-refractivity contribution in [1.82, 2.24) is 10.3 Å². The summed E-state index contributed by atoms with van der Waals surface area (Å²) < 4.78 is 29.0. The summed E-state index contributed by atoms with van der Waals surface area (Å²) in [5.41, 5.74) is 0.946. The number of nitrogens with zero attached hydrogens (tertiary/aromatic N) is 4. The van der Waals surface area contributed by atoms with Gasteiger partial charge in [-0.1, -0.05) is 31.4 Å². The molecule has 1 saturated carbocycles. The van der Waals surface area contributed by atoms with Crippen molar-refractivity contribution in [3.05, 3.63) is 69.8 Å². The highest BCUT2D eigenvalue weighted by atomic mass is 32.2. The van der Waals surface area contributed by atoms with Gasteiger partial charge in [0.25, 0.3) is 15.7 Å². The van der Waals surface area contributed by atoms with Gasteiger partial charge in [0.05, 0.1) is 17.7 Å². The van der Waals surface area contributed by atoms with E-state index in [-0.39, 0.29) is 41.3 Å². The van der Waals surface area contributed by atoms with E-state index in [9.17, 15) is 23.3 Å². The van der Waals surface area contributed by atoms with Crippen molar-refractivity contribution in [2.75, 3.05) is 6.54 Å². The molecular weight excluding hydrogens is 458 g/mol. The van der Waals surface area contributed by atoms with Gasteiger partial charge in [0.1, 0.15) is 4.90 Å². The SMILES string of the molecule is O=C(CCN(N=Cc1ccc([N+](=O)[O-])cc1)C1=NS(=O)(=O)c2ccccc21)NC1CCCCC1. The lowest BCUT2D eigenvalue weighted by Crippen LogP contribution is -2.38. The van der Waals surface area contributed by atoms with Crippen LogP contribution in [0.1, 0.15) is 49.7 Å². The third-order valence-corrected chi connectivity index (χ3v) is 7.15. The van der Waals surface area contributed by atoms with Gasteiger partial charge in [0, 0.05) is 30.2 Å². The molecule has 1 aliphatic heterocycles. The fourth-order valence-corrected chi connectivity index (χ4v) is 5.27. The minimum absolute atomic E-state index is 0.0476. The van der Waals surface area contributed by atoms with Gasteiger partial charge >= 0.3 is 0 Å². The molecule has 34 heavy (non-hydrogen) atoms. The molecule has 0 unspecified atom stereocenters. The van der Waals surface area contributed by atoms with Gasteiger partial charge in [-0.3, -0.25) is 14.9 Å². The lowest BCUT2D eigenvalue weighted by Gasteiger charge is -2.24. The van der Waals surface area contributed by atoms with Crippen LogP contribution >= 0.6 is 0 Å². The number of amidine groups is 1. The Hall–Kier alpha value is -3.60. The molecule has 1 fully saturated rings. The number of rotatable bonds is 7. The number of hydrogen-bond acceptors (Lipinski definition) is 7. The molecule has 0 saturated heterocycles. The minimum Gasteiger partial charge on any atom is -0.353 e. The highest BCUT2D eigenvalue weighted by Crippen LogP contribution is 2.28. The topological polar surface area (TPSA) is 134 Å². The predicted molar refractivity (Wildman–Crippen MR) is 127 cm³/mol. The summed E-state index contributed by atoms with van der Waals surface area (Å²) in [4.78, 5) is 23.0. The van der Waals surface area contributed by atoms with Crippen molar-refractivity contribution in [2.45, 2.75) is 49.5 Å². The molecule has 2 aromatic rings. The van der Waals surface area contributed by atoms with Crippen LogP contribution in [0.15, 0.2) is 62.9 Å². The van der Waals surface area contributed by atoms with E-state index >= 15 is 0 Å². The molecule has 178 valence electrons. The first kappa shape index (κ1) is 23.6. The number of non-ortho nitro benzene ring substituents is 1. The Morgan fingerprint density at radius 3 is 2.56 bits per heavy atom. The van der Waals surface area contributed by atoms with Crippen LogP contribution in [0.2, 0.25) is 0 Å². The third kappa shape index (κ3) is 5.48. The lowest BCUT2D eigenvalue weighted by atomic mass is 9.95. The van der Waals surface area contributed by atoms with E-state index in [1.807, 2.05) is 0 Å². The molecule has 1 heterocycles. The molecule has 0 atom stereocenters. The average Bonchev–Trinajstić information content (AvgIpc) is 3.11. The average molecular weight is 484 g/mol. The van der Waals surface area contributed by atoms with Crippen LogP contribution in [0.4, 0.5) is 5.69 Å². The van der Waals surface area contributed by atoms with E-state index in [0.717, 1.165) is 25.7 Å². The first-order valence-corrected chi connectivity index (χ1v) is 12.6. The number of nitrogens with one attached hydrogen (secondary N) is 1. The quantitative estimate of drug-likeness (QED) is 0.365. The highest BCUT2D eigenvalue weighted by Gasteiger charge is 2.32. The zero-order chi connectivity index (χ0) is 24.1. The van der Waals surface area contributed by atoms with Crippen LogP contribution in [-0.2, 0) is 14.8 Å². The predicted octanol–water partition coefficient (Wildman–Crippen LogP) is 3.22. The molecule has 0 radical (unpaired) electrons. The molecule has 2 aromatic carbocycles. The van der Waals surface area contributed by atoms with Gasteiger partial charge in [0.2, 0.25) is 5.91 Å². The molecule has 1 amide bonds. The number of sulfonamides is 1. The number of nitro benzene ring substituents is 1. The Labute approximate surface area is 197 Å². The number of carbonyl (C=O) groups is 1. The molecular formula is C23H25N5O5S. The van der Waals surface area contributed by atoms with E-state index in [4.69, 9.17) is 0 Å².